The highest BCUT2D eigenvalue weighted by atomic mass is 32.2. The summed E-state index contributed by atoms with van der Waals surface area (Å²) >= 11 is 0. The molecule has 0 unspecified atom stereocenters. The zero-order chi connectivity index (χ0) is 15.7. The van der Waals surface area contributed by atoms with Crippen LogP contribution in [0.25, 0.3) is 0 Å². The number of carbonyl (C=O) groups excluding carboxylic acids is 1. The molecule has 0 heterocycles. The predicted molar refractivity (Wildman–Crippen MR) is 75.6 cm³/mol. The lowest BCUT2D eigenvalue weighted by molar-refractivity contribution is -0.139. The normalized spacial score (nSPS) is 17.0. The summed E-state index contributed by atoms with van der Waals surface area (Å²) < 4.78 is 27.1. The summed E-state index contributed by atoms with van der Waals surface area (Å²) in [4.78, 5) is 22.1. The van der Waals surface area contributed by atoms with Crippen molar-refractivity contribution in [3.63, 3.8) is 0 Å². The van der Waals surface area contributed by atoms with Crippen LogP contribution in [0.2, 0.25) is 0 Å². The summed E-state index contributed by atoms with van der Waals surface area (Å²) in [7, 11) is -3.79. The molecule has 2 rings (SSSR count). The SMILES string of the molecule is CC(=O)c1ccc(S(=O)(=O)NC2(CC(=O)O)CCC2)cc1. The van der Waals surface area contributed by atoms with Crippen molar-refractivity contribution in [3.8, 4) is 0 Å². The summed E-state index contributed by atoms with van der Waals surface area (Å²) in [6.45, 7) is 1.40. The first-order valence-electron chi connectivity index (χ1n) is 6.61. The van der Waals surface area contributed by atoms with Gasteiger partial charge in [-0.1, -0.05) is 12.1 Å². The van der Waals surface area contributed by atoms with E-state index in [1.54, 1.807) is 0 Å². The fourth-order valence-corrected chi connectivity index (χ4v) is 3.88. The highest BCUT2D eigenvalue weighted by Gasteiger charge is 2.42. The first-order chi connectivity index (χ1) is 9.74. The molecular weight excluding hydrogens is 294 g/mol. The number of sulfonamides is 1. The van der Waals surface area contributed by atoms with Crippen molar-refractivity contribution in [1.29, 1.82) is 0 Å². The Kier molecular flexibility index (Phi) is 4.15. The summed E-state index contributed by atoms with van der Waals surface area (Å²) in [5, 5.41) is 8.91. The largest absolute Gasteiger partial charge is 0.481 e. The molecule has 0 bridgehead atoms. The van der Waals surface area contributed by atoms with Crippen molar-refractivity contribution >= 4 is 21.8 Å². The van der Waals surface area contributed by atoms with Crippen LogP contribution in [-0.2, 0) is 14.8 Å². The van der Waals surface area contributed by atoms with Crippen molar-refractivity contribution in [1.82, 2.24) is 4.72 Å². The van der Waals surface area contributed by atoms with E-state index in [0.717, 1.165) is 6.42 Å². The number of aliphatic carboxylic acids is 1. The van der Waals surface area contributed by atoms with Gasteiger partial charge in [0, 0.05) is 11.1 Å². The van der Waals surface area contributed by atoms with E-state index < -0.39 is 21.5 Å². The lowest BCUT2D eigenvalue weighted by Crippen LogP contribution is -2.54. The van der Waals surface area contributed by atoms with Crippen LogP contribution in [0.1, 0.15) is 43.0 Å². The molecule has 1 aliphatic rings. The predicted octanol–water partition coefficient (Wildman–Crippen LogP) is 1.56. The topological polar surface area (TPSA) is 101 Å². The first-order valence-corrected chi connectivity index (χ1v) is 8.09. The third kappa shape index (κ3) is 3.48. The number of benzene rings is 1. The maximum absolute atomic E-state index is 12.3. The van der Waals surface area contributed by atoms with Crippen molar-refractivity contribution < 1.29 is 23.1 Å². The molecule has 0 saturated heterocycles. The standard InChI is InChI=1S/C14H17NO5S/c1-10(16)11-3-5-12(6-4-11)21(19,20)15-14(7-2-8-14)9-13(17)18/h3-6,15H,2,7-9H2,1H3,(H,17,18). The number of ketones is 1. The third-order valence-corrected chi connectivity index (χ3v) is 5.32. The number of carbonyl (C=O) groups is 2. The number of rotatable bonds is 6. The number of carboxylic acid groups (broad SMARTS) is 1. The fourth-order valence-electron chi connectivity index (χ4n) is 2.42. The zero-order valence-electron chi connectivity index (χ0n) is 11.6. The quantitative estimate of drug-likeness (QED) is 0.777. The molecule has 0 spiro atoms. The van der Waals surface area contributed by atoms with Gasteiger partial charge in [0.15, 0.2) is 5.78 Å². The Hall–Kier alpha value is -1.73. The summed E-state index contributed by atoms with van der Waals surface area (Å²) in [6.07, 6.45) is 1.62. The van der Waals surface area contributed by atoms with Gasteiger partial charge in [-0.3, -0.25) is 9.59 Å². The Morgan fingerprint density at radius 3 is 2.19 bits per heavy atom. The van der Waals surface area contributed by atoms with Crippen molar-refractivity contribution in [2.45, 2.75) is 43.0 Å². The number of nitrogens with one attached hydrogen (secondary N) is 1. The molecule has 1 fully saturated rings. The van der Waals surface area contributed by atoms with E-state index in [2.05, 4.69) is 4.72 Å². The monoisotopic (exact) mass is 311 g/mol. The highest BCUT2D eigenvalue weighted by molar-refractivity contribution is 7.89. The van der Waals surface area contributed by atoms with Gasteiger partial charge in [-0.15, -0.1) is 0 Å². The minimum Gasteiger partial charge on any atom is -0.481 e. The van der Waals surface area contributed by atoms with Crippen LogP contribution in [0.4, 0.5) is 0 Å². The minimum atomic E-state index is -3.79. The van der Waals surface area contributed by atoms with Gasteiger partial charge in [0.1, 0.15) is 0 Å². The van der Waals surface area contributed by atoms with Crippen molar-refractivity contribution in [3.05, 3.63) is 29.8 Å². The highest BCUT2D eigenvalue weighted by Crippen LogP contribution is 2.36. The Morgan fingerprint density at radius 2 is 1.81 bits per heavy atom. The van der Waals surface area contributed by atoms with E-state index in [1.807, 2.05) is 0 Å². The molecule has 7 heteroatoms. The average Bonchev–Trinajstić information content (AvgIpc) is 2.35. The van der Waals surface area contributed by atoms with Crippen molar-refractivity contribution in [2.24, 2.45) is 0 Å². The molecule has 1 aromatic rings. The maximum Gasteiger partial charge on any atom is 0.305 e. The van der Waals surface area contributed by atoms with Crippen LogP contribution in [-0.4, -0.2) is 30.8 Å². The van der Waals surface area contributed by atoms with E-state index in [1.165, 1.54) is 31.2 Å². The second-order valence-electron chi connectivity index (χ2n) is 5.39. The molecule has 0 aliphatic heterocycles. The van der Waals surface area contributed by atoms with E-state index in [9.17, 15) is 18.0 Å². The van der Waals surface area contributed by atoms with Gasteiger partial charge in [0.05, 0.1) is 11.3 Å². The van der Waals surface area contributed by atoms with Gasteiger partial charge in [-0.2, -0.15) is 0 Å². The second kappa shape index (κ2) is 5.57. The Bertz CT molecular complexity index is 659. The zero-order valence-corrected chi connectivity index (χ0v) is 12.4. The molecular formula is C14H17NO5S. The molecule has 0 radical (unpaired) electrons. The fraction of sp³-hybridized carbons (Fsp3) is 0.429. The Morgan fingerprint density at radius 1 is 1.24 bits per heavy atom. The van der Waals surface area contributed by atoms with E-state index in [-0.39, 0.29) is 17.1 Å². The van der Waals surface area contributed by atoms with Crippen LogP contribution < -0.4 is 4.72 Å². The Labute approximate surface area is 123 Å². The smallest absolute Gasteiger partial charge is 0.305 e. The second-order valence-corrected chi connectivity index (χ2v) is 7.07. The molecule has 114 valence electrons. The lowest BCUT2D eigenvalue weighted by atomic mass is 9.75. The Balaban J connectivity index is 2.21. The summed E-state index contributed by atoms with van der Waals surface area (Å²) in [5.74, 6) is -1.17. The molecule has 0 atom stereocenters. The molecule has 0 amide bonds. The average molecular weight is 311 g/mol. The summed E-state index contributed by atoms with van der Waals surface area (Å²) in [6, 6.07) is 5.60. The molecule has 0 aromatic heterocycles. The molecule has 2 N–H and O–H groups in total. The molecule has 21 heavy (non-hydrogen) atoms. The van der Waals surface area contributed by atoms with E-state index in [0.29, 0.717) is 18.4 Å². The van der Waals surface area contributed by atoms with Crippen LogP contribution >= 0.6 is 0 Å². The first kappa shape index (κ1) is 15.7. The van der Waals surface area contributed by atoms with E-state index >= 15 is 0 Å². The van der Waals surface area contributed by atoms with Crippen LogP contribution in [0.5, 0.6) is 0 Å². The number of carboxylic acids is 1. The van der Waals surface area contributed by atoms with Crippen molar-refractivity contribution in [2.75, 3.05) is 0 Å². The molecule has 1 saturated carbocycles. The maximum atomic E-state index is 12.3. The van der Waals surface area contributed by atoms with Gasteiger partial charge < -0.3 is 5.11 Å². The summed E-state index contributed by atoms with van der Waals surface area (Å²) in [5.41, 5.74) is -0.456. The van der Waals surface area contributed by atoms with Crippen LogP contribution in [0.15, 0.2) is 29.2 Å². The van der Waals surface area contributed by atoms with Gasteiger partial charge in [-0.25, -0.2) is 13.1 Å². The van der Waals surface area contributed by atoms with Crippen LogP contribution in [0, 0.1) is 0 Å². The lowest BCUT2D eigenvalue weighted by Gasteiger charge is -2.40. The van der Waals surface area contributed by atoms with Gasteiger partial charge in [0.25, 0.3) is 0 Å². The molecule has 1 aromatic carbocycles. The van der Waals surface area contributed by atoms with Crippen LogP contribution in [0.3, 0.4) is 0 Å². The van der Waals surface area contributed by atoms with E-state index in [4.69, 9.17) is 5.11 Å². The van der Waals surface area contributed by atoms with Gasteiger partial charge in [-0.05, 0) is 38.3 Å². The number of Topliss-reactive ketones (excluding diaryl/α,β-unsaturated/α-hetero) is 1. The minimum absolute atomic E-state index is 0.0316. The third-order valence-electron chi connectivity index (χ3n) is 3.72. The van der Waals surface area contributed by atoms with Gasteiger partial charge >= 0.3 is 5.97 Å². The number of hydrogen-bond donors (Lipinski definition) is 2. The number of hydrogen-bond acceptors (Lipinski definition) is 4. The molecule has 6 nitrogen and oxygen atoms in total. The molecule has 1 aliphatic carbocycles. The van der Waals surface area contributed by atoms with Gasteiger partial charge in [0.2, 0.25) is 10.0 Å².